The molecule has 2 aromatic carbocycles. The van der Waals surface area contributed by atoms with E-state index in [4.69, 9.17) is 0 Å². The average Bonchev–Trinajstić information content (AvgIpc) is 2.87. The van der Waals surface area contributed by atoms with Crippen molar-refractivity contribution >= 4 is 6.09 Å². The van der Waals surface area contributed by atoms with Gasteiger partial charge < -0.3 is 25.3 Å². The van der Waals surface area contributed by atoms with Gasteiger partial charge in [0.05, 0.1) is 25.2 Å². The van der Waals surface area contributed by atoms with E-state index in [0.717, 1.165) is 36.3 Å². The van der Waals surface area contributed by atoms with Crippen LogP contribution in [-0.2, 0) is 17.7 Å². The molecule has 4 N–H and O–H groups in total. The molecule has 1 fully saturated rings. The normalized spacial score (nSPS) is 14.3. The van der Waals surface area contributed by atoms with Crippen LogP contribution in [-0.4, -0.2) is 64.0 Å². The van der Waals surface area contributed by atoms with Crippen molar-refractivity contribution in [3.05, 3.63) is 93.2 Å². The summed E-state index contributed by atoms with van der Waals surface area (Å²) in [4.78, 5) is 32.0. The van der Waals surface area contributed by atoms with E-state index in [2.05, 4.69) is 48.9 Å². The molecule has 1 amide bonds. The number of methoxy groups -OCH3 is 1. The lowest BCUT2D eigenvalue weighted by atomic mass is 9.94. The highest BCUT2D eigenvalue weighted by Gasteiger charge is 2.24. The zero-order valence-electron chi connectivity index (χ0n) is 19.9. The summed E-state index contributed by atoms with van der Waals surface area (Å²) < 4.78 is 4.63. The van der Waals surface area contributed by atoms with Gasteiger partial charge in [0, 0.05) is 43.2 Å². The van der Waals surface area contributed by atoms with Crippen molar-refractivity contribution in [2.75, 3.05) is 26.7 Å². The molecule has 1 aliphatic rings. The lowest BCUT2D eigenvalue weighted by Gasteiger charge is -2.35. The molecule has 4 rings (SSSR count). The summed E-state index contributed by atoms with van der Waals surface area (Å²) >= 11 is 0. The zero-order valence-corrected chi connectivity index (χ0v) is 19.9. The van der Waals surface area contributed by atoms with Gasteiger partial charge in [-0.25, -0.2) is 9.78 Å². The first-order valence-corrected chi connectivity index (χ1v) is 11.6. The van der Waals surface area contributed by atoms with Gasteiger partial charge in [-0.2, -0.15) is 0 Å². The van der Waals surface area contributed by atoms with Crippen molar-refractivity contribution in [1.82, 2.24) is 20.2 Å². The van der Waals surface area contributed by atoms with Crippen LogP contribution in [0.3, 0.4) is 0 Å². The van der Waals surface area contributed by atoms with Gasteiger partial charge in [-0.15, -0.1) is 0 Å². The summed E-state index contributed by atoms with van der Waals surface area (Å²) in [5, 5.41) is 22.2. The topological polar surface area (TPSA) is 128 Å². The summed E-state index contributed by atoms with van der Waals surface area (Å²) in [6, 6.07) is 15.7. The van der Waals surface area contributed by atoms with E-state index in [1.165, 1.54) is 19.0 Å². The highest BCUT2D eigenvalue weighted by atomic mass is 16.5. The lowest BCUT2D eigenvalue weighted by Crippen LogP contribution is -2.49. The summed E-state index contributed by atoms with van der Waals surface area (Å²) in [6.45, 7) is 2.41. The van der Waals surface area contributed by atoms with E-state index in [1.807, 2.05) is 36.4 Å². The number of alkyl carbamates (subject to hydrolysis) is 1. The number of aliphatic hydroxyl groups excluding tert-OH is 1. The number of rotatable bonds is 7. The average molecular weight is 489 g/mol. The van der Waals surface area contributed by atoms with Crippen molar-refractivity contribution in [3.63, 3.8) is 0 Å². The van der Waals surface area contributed by atoms with Gasteiger partial charge in [0.1, 0.15) is 0 Å². The number of β-amino-alcohol motifs (C(OH)–C–C–N with tert-alkyl or cyclic N) is 1. The standard InChI is InChI=1S/C27H28N4O5/c1-36-27(35)28-13-22(24-25(33)26(34)30-17-29-24)12-20-8-4-18(5-9-20)2-3-19-6-10-21(11-7-19)14-31-15-23(32)16-31/h4-11,17,22-23,32-33H,12-16H2,1H3,(H,28,35)(H,29,30,34). The molecule has 0 aliphatic carbocycles. The number of aromatic hydroxyl groups is 1. The van der Waals surface area contributed by atoms with E-state index in [1.54, 1.807) is 0 Å². The molecule has 36 heavy (non-hydrogen) atoms. The molecule has 9 heteroatoms. The van der Waals surface area contributed by atoms with E-state index in [9.17, 15) is 19.8 Å². The number of hydrogen-bond acceptors (Lipinski definition) is 7. The maximum atomic E-state index is 11.8. The Morgan fingerprint density at radius 2 is 1.75 bits per heavy atom. The fourth-order valence-corrected chi connectivity index (χ4v) is 4.03. The highest BCUT2D eigenvalue weighted by molar-refractivity contribution is 5.67. The molecule has 0 spiro atoms. The van der Waals surface area contributed by atoms with Gasteiger partial charge in [0.15, 0.2) is 0 Å². The zero-order chi connectivity index (χ0) is 25.5. The van der Waals surface area contributed by atoms with Crippen LogP contribution in [0, 0.1) is 11.8 Å². The summed E-state index contributed by atoms with van der Waals surface area (Å²) in [7, 11) is 1.26. The van der Waals surface area contributed by atoms with Crippen LogP contribution in [0.2, 0.25) is 0 Å². The van der Waals surface area contributed by atoms with Crippen LogP contribution in [0.4, 0.5) is 4.79 Å². The number of aliphatic hydroxyl groups is 1. The maximum Gasteiger partial charge on any atom is 0.406 e. The van der Waals surface area contributed by atoms with E-state index >= 15 is 0 Å². The molecule has 0 bridgehead atoms. The molecular formula is C27H28N4O5. The van der Waals surface area contributed by atoms with Crippen LogP contribution in [0.15, 0.2) is 59.7 Å². The van der Waals surface area contributed by atoms with Crippen LogP contribution >= 0.6 is 0 Å². The fourth-order valence-electron chi connectivity index (χ4n) is 4.03. The Kier molecular flexibility index (Phi) is 8.00. The first-order chi connectivity index (χ1) is 17.4. The number of hydrogen-bond donors (Lipinski definition) is 4. The lowest BCUT2D eigenvalue weighted by molar-refractivity contribution is -0.00286. The molecular weight excluding hydrogens is 460 g/mol. The number of H-pyrrole nitrogens is 1. The van der Waals surface area contributed by atoms with Gasteiger partial charge in [-0.1, -0.05) is 36.1 Å². The second-order valence-electron chi connectivity index (χ2n) is 8.73. The maximum absolute atomic E-state index is 11.8. The van der Waals surface area contributed by atoms with Gasteiger partial charge in [-0.3, -0.25) is 9.69 Å². The SMILES string of the molecule is COC(=O)NCC(Cc1ccc(C#Cc2ccc(CN3CC(O)C3)cc2)cc1)c1nc[nH]c(=O)c1O. The minimum Gasteiger partial charge on any atom is -0.502 e. The van der Waals surface area contributed by atoms with Gasteiger partial charge in [0.2, 0.25) is 5.75 Å². The van der Waals surface area contributed by atoms with E-state index in [0.29, 0.717) is 6.42 Å². The fraction of sp³-hybridized carbons (Fsp3) is 0.296. The number of aromatic nitrogens is 2. The van der Waals surface area contributed by atoms with Crippen LogP contribution < -0.4 is 10.9 Å². The molecule has 9 nitrogen and oxygen atoms in total. The number of nitrogens with zero attached hydrogens (tertiary/aromatic N) is 2. The number of nitrogens with one attached hydrogen (secondary N) is 2. The summed E-state index contributed by atoms with van der Waals surface area (Å²) in [5.74, 6) is 5.42. The molecule has 1 aliphatic heterocycles. The predicted octanol–water partition coefficient (Wildman–Crippen LogP) is 1.73. The van der Waals surface area contributed by atoms with E-state index in [-0.39, 0.29) is 18.3 Å². The largest absolute Gasteiger partial charge is 0.502 e. The molecule has 1 saturated heterocycles. The smallest absolute Gasteiger partial charge is 0.406 e. The number of carbonyl (C=O) groups excluding carboxylic acids is 1. The predicted molar refractivity (Wildman–Crippen MR) is 134 cm³/mol. The Bertz CT molecular complexity index is 1300. The first-order valence-electron chi connectivity index (χ1n) is 11.6. The highest BCUT2D eigenvalue weighted by Crippen LogP contribution is 2.24. The van der Waals surface area contributed by atoms with Gasteiger partial charge in [-0.05, 0) is 41.8 Å². The quantitative estimate of drug-likeness (QED) is 0.373. The molecule has 186 valence electrons. The number of likely N-dealkylation sites (tertiary alicyclic amines) is 1. The Morgan fingerprint density at radius 1 is 1.14 bits per heavy atom. The van der Waals surface area contributed by atoms with Crippen LogP contribution in [0.1, 0.15) is 33.9 Å². The van der Waals surface area contributed by atoms with Gasteiger partial charge >= 0.3 is 6.09 Å². The number of ether oxygens (including phenoxy) is 1. The minimum absolute atomic E-state index is 0.132. The van der Waals surface area contributed by atoms with Crippen molar-refractivity contribution in [2.24, 2.45) is 0 Å². The molecule has 0 radical (unpaired) electrons. The minimum atomic E-state index is -0.638. The Labute approximate surface area is 208 Å². The Hall–Kier alpha value is -4.13. The number of aromatic amines is 1. The molecule has 2 heterocycles. The monoisotopic (exact) mass is 488 g/mol. The van der Waals surface area contributed by atoms with Crippen molar-refractivity contribution in [3.8, 4) is 17.6 Å². The number of amides is 1. The molecule has 1 atom stereocenters. The second-order valence-corrected chi connectivity index (χ2v) is 8.73. The summed E-state index contributed by atoms with van der Waals surface area (Å²) in [6.07, 6.45) is 0.846. The number of benzene rings is 2. The Balaban J connectivity index is 1.41. The van der Waals surface area contributed by atoms with Crippen LogP contribution in [0.5, 0.6) is 5.75 Å². The number of carbonyl (C=O) groups is 1. The molecule has 3 aromatic rings. The van der Waals surface area contributed by atoms with Gasteiger partial charge in [0.25, 0.3) is 5.56 Å². The van der Waals surface area contributed by atoms with Crippen molar-refractivity contribution < 1.29 is 19.7 Å². The second kappa shape index (κ2) is 11.5. The molecule has 1 aromatic heterocycles. The Morgan fingerprint density at radius 3 is 2.33 bits per heavy atom. The first kappa shape index (κ1) is 25.0. The van der Waals surface area contributed by atoms with Crippen molar-refractivity contribution in [2.45, 2.75) is 25.0 Å². The van der Waals surface area contributed by atoms with Crippen LogP contribution in [0.25, 0.3) is 0 Å². The molecule has 0 saturated carbocycles. The third-order valence-electron chi connectivity index (χ3n) is 6.01. The van der Waals surface area contributed by atoms with E-state index < -0.39 is 23.3 Å². The third kappa shape index (κ3) is 6.50. The molecule has 1 unspecified atom stereocenters. The summed E-state index contributed by atoms with van der Waals surface area (Å²) in [5.41, 5.74) is 3.44. The van der Waals surface area contributed by atoms with Crippen molar-refractivity contribution in [1.29, 1.82) is 0 Å². The third-order valence-corrected chi connectivity index (χ3v) is 6.01.